The molecular weight excluding hydrogens is 200 g/mol. The molecule has 0 aromatic heterocycles. The Labute approximate surface area is 98.9 Å². The first kappa shape index (κ1) is 15.0. The van der Waals surface area contributed by atoms with Crippen molar-refractivity contribution in [1.82, 2.24) is 5.01 Å². The lowest BCUT2D eigenvalue weighted by molar-refractivity contribution is 0.196. The lowest BCUT2D eigenvalue weighted by atomic mass is 10.0. The summed E-state index contributed by atoms with van der Waals surface area (Å²) in [6.07, 6.45) is 5.78. The van der Waals surface area contributed by atoms with Crippen LogP contribution in [0.1, 0.15) is 26.7 Å². The molecule has 2 N–H and O–H groups in total. The van der Waals surface area contributed by atoms with Gasteiger partial charge in [-0.15, -0.1) is 0 Å². The highest BCUT2D eigenvalue weighted by atomic mass is 15.4. The molecule has 1 rings (SSSR count). The highest BCUT2D eigenvalue weighted by Crippen LogP contribution is 2.12. The van der Waals surface area contributed by atoms with Gasteiger partial charge in [-0.1, -0.05) is 19.6 Å². The Morgan fingerprint density at radius 3 is 2.38 bits per heavy atom. The van der Waals surface area contributed by atoms with Gasteiger partial charge in [0.15, 0.2) is 0 Å². The van der Waals surface area contributed by atoms with E-state index in [1.54, 1.807) is 19.3 Å². The Morgan fingerprint density at radius 1 is 1.44 bits per heavy atom. The van der Waals surface area contributed by atoms with Crippen LogP contribution in [0.2, 0.25) is 0 Å². The molecule has 1 fully saturated rings. The molecule has 0 aromatic rings. The fourth-order valence-corrected chi connectivity index (χ4v) is 1.25. The van der Waals surface area contributed by atoms with Crippen LogP contribution in [0.5, 0.6) is 0 Å². The largest absolute Gasteiger partial charge is 0.274 e. The van der Waals surface area contributed by atoms with Gasteiger partial charge in [0.1, 0.15) is 5.84 Å². The minimum atomic E-state index is 0.768. The van der Waals surface area contributed by atoms with Gasteiger partial charge in [0, 0.05) is 26.4 Å². The summed E-state index contributed by atoms with van der Waals surface area (Å²) < 4.78 is 0. The Morgan fingerprint density at radius 2 is 2.00 bits per heavy atom. The zero-order chi connectivity index (χ0) is 12.4. The van der Waals surface area contributed by atoms with E-state index in [1.165, 1.54) is 12.8 Å². The number of rotatable bonds is 1. The van der Waals surface area contributed by atoms with Gasteiger partial charge in [0.05, 0.1) is 0 Å². The van der Waals surface area contributed by atoms with Crippen LogP contribution >= 0.6 is 0 Å². The normalized spacial score (nSPS) is 19.4. The molecule has 1 saturated heterocycles. The van der Waals surface area contributed by atoms with E-state index in [2.05, 4.69) is 23.5 Å². The lowest BCUT2D eigenvalue weighted by Crippen LogP contribution is -2.38. The minimum Gasteiger partial charge on any atom is -0.274 e. The summed E-state index contributed by atoms with van der Waals surface area (Å²) >= 11 is 0. The maximum Gasteiger partial charge on any atom is 0.119 e. The molecule has 16 heavy (non-hydrogen) atoms. The van der Waals surface area contributed by atoms with E-state index in [-0.39, 0.29) is 0 Å². The maximum atomic E-state index is 5.53. The van der Waals surface area contributed by atoms with E-state index in [9.17, 15) is 0 Å². The van der Waals surface area contributed by atoms with E-state index in [4.69, 9.17) is 5.84 Å². The zero-order valence-electron chi connectivity index (χ0n) is 10.7. The van der Waals surface area contributed by atoms with Gasteiger partial charge in [-0.25, -0.2) is 10.0 Å². The quantitative estimate of drug-likeness (QED) is 0.420. The molecular formula is C12H24N4. The Hall–Kier alpha value is -1.00. The van der Waals surface area contributed by atoms with Crippen LogP contribution in [0, 0.1) is 5.92 Å². The Balaban J connectivity index is 0.000000281. The molecule has 1 heterocycles. The smallest absolute Gasteiger partial charge is 0.119 e. The molecule has 0 aliphatic carbocycles. The molecule has 1 aliphatic rings. The Kier molecular flexibility index (Phi) is 8.66. The van der Waals surface area contributed by atoms with Crippen LogP contribution in [-0.4, -0.2) is 37.2 Å². The molecule has 0 radical (unpaired) electrons. The summed E-state index contributed by atoms with van der Waals surface area (Å²) in [5.41, 5.74) is 0. The number of hydrogen-bond donors (Lipinski definition) is 1. The maximum absolute atomic E-state index is 5.53. The second-order valence-electron chi connectivity index (χ2n) is 4.00. The summed E-state index contributed by atoms with van der Waals surface area (Å²) in [6, 6.07) is 0. The highest BCUT2D eigenvalue weighted by molar-refractivity contribution is 5.90. The number of nitrogens with zero attached hydrogens (tertiary/aromatic N) is 3. The summed E-state index contributed by atoms with van der Waals surface area (Å²) in [4.78, 5) is 7.66. The van der Waals surface area contributed by atoms with Crippen LogP contribution in [0.15, 0.2) is 22.6 Å². The second kappa shape index (κ2) is 9.24. The molecule has 4 heteroatoms. The van der Waals surface area contributed by atoms with E-state index < -0.39 is 0 Å². The van der Waals surface area contributed by atoms with Crippen LogP contribution in [0.25, 0.3) is 0 Å². The summed E-state index contributed by atoms with van der Waals surface area (Å²) in [6.45, 7) is 9.75. The van der Waals surface area contributed by atoms with E-state index >= 15 is 0 Å². The fourth-order valence-electron chi connectivity index (χ4n) is 1.25. The van der Waals surface area contributed by atoms with Gasteiger partial charge < -0.3 is 0 Å². The molecule has 1 aliphatic heterocycles. The monoisotopic (exact) mass is 224 g/mol. The molecule has 0 amide bonds. The summed E-state index contributed by atoms with van der Waals surface area (Å²) in [7, 11) is 1.70. The molecule has 4 nitrogen and oxygen atoms in total. The van der Waals surface area contributed by atoms with Gasteiger partial charge in [-0.05, 0) is 25.7 Å². The molecule has 0 saturated carbocycles. The van der Waals surface area contributed by atoms with Crippen molar-refractivity contribution < 1.29 is 0 Å². The Bertz CT molecular complexity index is 227. The van der Waals surface area contributed by atoms with Gasteiger partial charge in [0.2, 0.25) is 0 Å². The SMILES string of the molecule is C=CC=NC(C)=NC.CC1CCN(N)CC1. The van der Waals surface area contributed by atoms with Gasteiger partial charge in [-0.3, -0.25) is 10.8 Å². The first-order valence-electron chi connectivity index (χ1n) is 5.68. The number of nitrogens with two attached hydrogens (primary N) is 1. The molecule has 0 atom stereocenters. The topological polar surface area (TPSA) is 54.0 Å². The number of hydrazine groups is 1. The van der Waals surface area contributed by atoms with Crippen LogP contribution in [-0.2, 0) is 0 Å². The first-order chi connectivity index (χ1) is 7.60. The molecule has 92 valence electrons. The van der Waals surface area contributed by atoms with Crippen molar-refractivity contribution >= 4 is 12.1 Å². The van der Waals surface area contributed by atoms with Crippen molar-refractivity contribution in [3.8, 4) is 0 Å². The predicted octanol–water partition coefficient (Wildman–Crippen LogP) is 1.88. The average Bonchev–Trinajstić information content (AvgIpc) is 2.30. The van der Waals surface area contributed by atoms with E-state index in [1.807, 2.05) is 11.9 Å². The minimum absolute atomic E-state index is 0.768. The van der Waals surface area contributed by atoms with Crippen molar-refractivity contribution in [2.45, 2.75) is 26.7 Å². The summed E-state index contributed by atoms with van der Waals surface area (Å²) in [5.74, 6) is 7.20. The number of aliphatic imine (C=N–C) groups is 2. The predicted molar refractivity (Wildman–Crippen MR) is 71.9 cm³/mol. The second-order valence-corrected chi connectivity index (χ2v) is 4.00. The standard InChI is InChI=1S/C6H14N2.C6H10N2/c1-6-2-4-8(7)5-3-6;1-4-5-8-6(2)7-3/h6H,2-5,7H2,1H3;4-5H,1H2,2-3H3. The third kappa shape index (κ3) is 8.32. The third-order valence-electron chi connectivity index (χ3n) is 2.51. The highest BCUT2D eigenvalue weighted by Gasteiger charge is 2.11. The van der Waals surface area contributed by atoms with E-state index in [0.29, 0.717) is 0 Å². The fraction of sp³-hybridized carbons (Fsp3) is 0.667. The number of piperidine rings is 1. The summed E-state index contributed by atoms with van der Waals surface area (Å²) in [5, 5.41) is 1.90. The lowest BCUT2D eigenvalue weighted by Gasteiger charge is -2.25. The average molecular weight is 224 g/mol. The number of amidine groups is 1. The van der Waals surface area contributed by atoms with E-state index in [0.717, 1.165) is 24.8 Å². The first-order valence-corrected chi connectivity index (χ1v) is 5.68. The number of allylic oxidation sites excluding steroid dienone is 1. The van der Waals surface area contributed by atoms with Crippen molar-refractivity contribution in [2.75, 3.05) is 20.1 Å². The van der Waals surface area contributed by atoms with Crippen molar-refractivity contribution in [2.24, 2.45) is 21.7 Å². The van der Waals surface area contributed by atoms with Crippen molar-refractivity contribution in [3.63, 3.8) is 0 Å². The van der Waals surface area contributed by atoms with Crippen molar-refractivity contribution in [3.05, 3.63) is 12.7 Å². The number of hydrogen-bond acceptors (Lipinski definition) is 3. The van der Waals surface area contributed by atoms with Crippen molar-refractivity contribution in [1.29, 1.82) is 0 Å². The van der Waals surface area contributed by atoms with Crippen LogP contribution in [0.4, 0.5) is 0 Å². The zero-order valence-corrected chi connectivity index (χ0v) is 10.7. The van der Waals surface area contributed by atoms with Crippen LogP contribution < -0.4 is 5.84 Å². The van der Waals surface area contributed by atoms with Gasteiger partial charge in [-0.2, -0.15) is 0 Å². The van der Waals surface area contributed by atoms with Crippen LogP contribution in [0.3, 0.4) is 0 Å². The molecule has 0 spiro atoms. The van der Waals surface area contributed by atoms with Gasteiger partial charge >= 0.3 is 0 Å². The molecule has 0 aromatic carbocycles. The van der Waals surface area contributed by atoms with Gasteiger partial charge in [0.25, 0.3) is 0 Å². The molecule has 0 unspecified atom stereocenters. The third-order valence-corrected chi connectivity index (χ3v) is 2.51. The molecule has 0 bridgehead atoms.